The van der Waals surface area contributed by atoms with E-state index in [0.29, 0.717) is 47.3 Å². The van der Waals surface area contributed by atoms with Crippen molar-refractivity contribution >= 4 is 29.1 Å². The molecule has 182 valence electrons. The number of hydrogen-bond acceptors (Lipinski definition) is 6. The Morgan fingerprint density at radius 2 is 1.85 bits per heavy atom. The second-order valence-electron chi connectivity index (χ2n) is 8.58. The largest absolute Gasteiger partial charge is 0.507 e. The van der Waals surface area contributed by atoms with Crippen molar-refractivity contribution in [3.63, 3.8) is 0 Å². The number of ether oxygens (including phenoxy) is 2. The maximum Gasteiger partial charge on any atom is 0.295 e. The van der Waals surface area contributed by atoms with Crippen LogP contribution < -0.4 is 9.47 Å². The van der Waals surface area contributed by atoms with Gasteiger partial charge in [0, 0.05) is 24.2 Å². The van der Waals surface area contributed by atoms with Crippen molar-refractivity contribution in [1.82, 2.24) is 9.80 Å². The molecule has 0 spiro atoms. The van der Waals surface area contributed by atoms with Gasteiger partial charge in [0.25, 0.3) is 11.7 Å². The quantitative estimate of drug-likeness (QED) is 0.319. The summed E-state index contributed by atoms with van der Waals surface area (Å²) < 4.78 is 11.5. The topological polar surface area (TPSA) is 79.3 Å². The Balaban J connectivity index is 2.21. The Morgan fingerprint density at radius 1 is 1.15 bits per heavy atom. The van der Waals surface area contributed by atoms with Crippen LogP contribution in [-0.2, 0) is 9.59 Å². The summed E-state index contributed by atoms with van der Waals surface area (Å²) in [5.41, 5.74) is 0.980. The van der Waals surface area contributed by atoms with Gasteiger partial charge in [-0.2, -0.15) is 0 Å². The first-order valence-electron chi connectivity index (χ1n) is 11.3. The van der Waals surface area contributed by atoms with Gasteiger partial charge in [-0.25, -0.2) is 0 Å². The van der Waals surface area contributed by atoms with Crippen LogP contribution in [-0.4, -0.2) is 66.5 Å². The number of aliphatic hydroxyl groups excluding tert-OH is 1. The first kappa shape index (κ1) is 25.6. The van der Waals surface area contributed by atoms with Crippen molar-refractivity contribution in [2.75, 3.05) is 33.8 Å². The second-order valence-corrected chi connectivity index (χ2v) is 8.99. The normalized spacial score (nSPS) is 17.6. The molecule has 0 aromatic heterocycles. The van der Waals surface area contributed by atoms with E-state index in [-0.39, 0.29) is 17.4 Å². The first-order chi connectivity index (χ1) is 16.1. The Hall–Kier alpha value is -3.03. The molecule has 1 N–H and O–H groups in total. The summed E-state index contributed by atoms with van der Waals surface area (Å²) >= 11 is 6.21. The summed E-state index contributed by atoms with van der Waals surface area (Å²) in [5.74, 6) is -0.751. The number of carbonyl (C=O) groups excluding carboxylic acids is 2. The molecule has 7 nitrogen and oxygen atoms in total. The number of benzene rings is 2. The number of nitrogens with zero attached hydrogens (tertiary/aromatic N) is 2. The van der Waals surface area contributed by atoms with E-state index in [9.17, 15) is 14.7 Å². The van der Waals surface area contributed by atoms with E-state index in [2.05, 4.69) is 0 Å². The van der Waals surface area contributed by atoms with Crippen molar-refractivity contribution in [2.24, 2.45) is 0 Å². The number of carbonyl (C=O) groups is 2. The number of amides is 1. The number of halogens is 1. The van der Waals surface area contributed by atoms with E-state index in [4.69, 9.17) is 21.1 Å². The zero-order chi connectivity index (χ0) is 25.0. The van der Waals surface area contributed by atoms with E-state index in [0.717, 1.165) is 0 Å². The highest BCUT2D eigenvalue weighted by Crippen LogP contribution is 2.43. The van der Waals surface area contributed by atoms with Crippen LogP contribution in [0.5, 0.6) is 11.5 Å². The van der Waals surface area contributed by atoms with Crippen LogP contribution in [0.3, 0.4) is 0 Å². The van der Waals surface area contributed by atoms with Crippen molar-refractivity contribution in [3.8, 4) is 11.5 Å². The standard InChI is InChI=1S/C26H31ClN2O5/c1-6-33-21-15-17(11-12-19(21)27)24(30)22-23(18-9-7-8-10-20(18)34-16(2)3)29(14-13-28(4)5)26(32)25(22)31/h7-12,15-16,23,30H,6,13-14H2,1-5H3/b24-22-. The van der Waals surface area contributed by atoms with Crippen molar-refractivity contribution < 1.29 is 24.2 Å². The average Bonchev–Trinajstić information content (AvgIpc) is 3.03. The molecule has 0 bridgehead atoms. The summed E-state index contributed by atoms with van der Waals surface area (Å²) in [6, 6.07) is 11.2. The minimum absolute atomic E-state index is 0.00772. The number of likely N-dealkylation sites (N-methyl/N-ethyl adjacent to an activating group) is 1. The third kappa shape index (κ3) is 5.37. The maximum absolute atomic E-state index is 13.2. The average molecular weight is 487 g/mol. The molecule has 1 unspecified atom stereocenters. The summed E-state index contributed by atoms with van der Waals surface area (Å²) in [6.45, 7) is 6.88. The number of aliphatic hydroxyl groups is 1. The van der Waals surface area contributed by atoms with E-state index >= 15 is 0 Å². The summed E-state index contributed by atoms with van der Waals surface area (Å²) in [7, 11) is 3.79. The lowest BCUT2D eigenvalue weighted by molar-refractivity contribution is -0.140. The van der Waals surface area contributed by atoms with Gasteiger partial charge in [0.15, 0.2) is 0 Å². The molecule has 34 heavy (non-hydrogen) atoms. The van der Waals surface area contributed by atoms with Gasteiger partial charge in [0.05, 0.1) is 29.3 Å². The predicted octanol–water partition coefficient (Wildman–Crippen LogP) is 4.51. The summed E-state index contributed by atoms with van der Waals surface area (Å²) in [4.78, 5) is 29.8. The molecule has 2 aromatic rings. The van der Waals surface area contributed by atoms with Crippen LogP contribution in [0.25, 0.3) is 5.76 Å². The van der Waals surface area contributed by atoms with E-state index in [1.165, 1.54) is 4.90 Å². The third-order valence-corrected chi connectivity index (χ3v) is 5.72. The Bertz CT molecular complexity index is 1100. The molecular weight excluding hydrogens is 456 g/mol. The third-order valence-electron chi connectivity index (χ3n) is 5.41. The Morgan fingerprint density at radius 3 is 2.50 bits per heavy atom. The van der Waals surface area contributed by atoms with Gasteiger partial charge in [-0.15, -0.1) is 0 Å². The molecule has 0 saturated carbocycles. The Labute approximate surface area is 205 Å². The zero-order valence-corrected chi connectivity index (χ0v) is 20.9. The van der Waals surface area contributed by atoms with Gasteiger partial charge < -0.3 is 24.4 Å². The fourth-order valence-electron chi connectivity index (χ4n) is 3.88. The molecule has 0 radical (unpaired) electrons. The molecular formula is C26H31ClN2O5. The summed E-state index contributed by atoms with van der Waals surface area (Å²) in [6.07, 6.45) is -0.116. The van der Waals surface area contributed by atoms with Crippen LogP contribution in [0, 0.1) is 0 Å². The van der Waals surface area contributed by atoms with E-state index in [1.807, 2.05) is 58.0 Å². The number of hydrogen-bond donors (Lipinski definition) is 1. The number of rotatable bonds is 9. The lowest BCUT2D eigenvalue weighted by atomic mass is 9.94. The molecule has 1 fully saturated rings. The fraction of sp³-hybridized carbons (Fsp3) is 0.385. The lowest BCUT2D eigenvalue weighted by Gasteiger charge is -2.28. The predicted molar refractivity (Wildman–Crippen MR) is 132 cm³/mol. The highest BCUT2D eigenvalue weighted by molar-refractivity contribution is 6.46. The lowest BCUT2D eigenvalue weighted by Crippen LogP contribution is -2.35. The van der Waals surface area contributed by atoms with Crippen LogP contribution in [0.1, 0.15) is 37.9 Å². The molecule has 1 atom stereocenters. The van der Waals surface area contributed by atoms with Crippen molar-refractivity contribution in [1.29, 1.82) is 0 Å². The molecule has 1 saturated heterocycles. The van der Waals surface area contributed by atoms with E-state index in [1.54, 1.807) is 24.3 Å². The smallest absolute Gasteiger partial charge is 0.295 e. The van der Waals surface area contributed by atoms with Gasteiger partial charge in [-0.05, 0) is 59.1 Å². The molecule has 1 aliphatic heterocycles. The van der Waals surface area contributed by atoms with Gasteiger partial charge >= 0.3 is 0 Å². The number of likely N-dealkylation sites (tertiary alicyclic amines) is 1. The highest BCUT2D eigenvalue weighted by Gasteiger charge is 2.47. The van der Waals surface area contributed by atoms with Crippen LogP contribution >= 0.6 is 11.6 Å². The summed E-state index contributed by atoms with van der Waals surface area (Å²) in [5, 5.41) is 11.7. The van der Waals surface area contributed by atoms with Crippen LogP contribution in [0.2, 0.25) is 5.02 Å². The monoisotopic (exact) mass is 486 g/mol. The molecule has 1 heterocycles. The van der Waals surface area contributed by atoms with Gasteiger partial charge in [-0.1, -0.05) is 29.8 Å². The number of Topliss-reactive ketones (excluding diaryl/α,β-unsaturated/α-hetero) is 1. The highest BCUT2D eigenvalue weighted by atomic mass is 35.5. The molecule has 1 aliphatic rings. The number of ketones is 1. The molecule has 8 heteroatoms. The molecule has 2 aromatic carbocycles. The minimum atomic E-state index is -0.805. The minimum Gasteiger partial charge on any atom is -0.507 e. The molecule has 1 amide bonds. The Kier molecular flexibility index (Phi) is 8.23. The molecule has 3 rings (SSSR count). The van der Waals surface area contributed by atoms with Crippen LogP contribution in [0.15, 0.2) is 48.0 Å². The van der Waals surface area contributed by atoms with E-state index < -0.39 is 17.7 Å². The zero-order valence-electron chi connectivity index (χ0n) is 20.2. The van der Waals surface area contributed by atoms with Crippen molar-refractivity contribution in [3.05, 3.63) is 64.2 Å². The van der Waals surface area contributed by atoms with Gasteiger partial charge in [-0.3, -0.25) is 9.59 Å². The first-order valence-corrected chi connectivity index (χ1v) is 11.6. The fourth-order valence-corrected chi connectivity index (χ4v) is 4.05. The SMILES string of the molecule is CCOc1cc(/C(O)=C2/C(=O)C(=O)N(CCN(C)C)C2c2ccccc2OC(C)C)ccc1Cl. The van der Waals surface area contributed by atoms with Gasteiger partial charge in [0.1, 0.15) is 17.3 Å². The maximum atomic E-state index is 13.2. The second kappa shape index (κ2) is 10.9. The van der Waals surface area contributed by atoms with Gasteiger partial charge in [0.2, 0.25) is 0 Å². The molecule has 0 aliphatic carbocycles. The van der Waals surface area contributed by atoms with Crippen LogP contribution in [0.4, 0.5) is 0 Å². The van der Waals surface area contributed by atoms with Crippen molar-refractivity contribution in [2.45, 2.75) is 32.9 Å². The number of para-hydroxylation sites is 1.